The maximum Gasteiger partial charge on any atom is 0.00795 e. The molecule has 0 aromatic heterocycles. The van der Waals surface area contributed by atoms with Crippen molar-refractivity contribution in [3.8, 4) is 0 Å². The number of nitrogens with one attached hydrogen (secondary N) is 1. The average Bonchev–Trinajstić information content (AvgIpc) is 2.19. The van der Waals surface area contributed by atoms with Gasteiger partial charge in [-0.25, -0.2) is 0 Å². The fourth-order valence-electron chi connectivity index (χ4n) is 1.20. The summed E-state index contributed by atoms with van der Waals surface area (Å²) in [4.78, 5) is 0. The van der Waals surface area contributed by atoms with Gasteiger partial charge in [-0.05, 0) is 32.4 Å². The van der Waals surface area contributed by atoms with Gasteiger partial charge < -0.3 is 11.1 Å². The lowest BCUT2D eigenvalue weighted by atomic mass is 10.2. The smallest absolute Gasteiger partial charge is 0.00795 e. The van der Waals surface area contributed by atoms with Crippen LogP contribution < -0.4 is 11.1 Å². The Morgan fingerprint density at radius 2 is 2.50 bits per heavy atom. The first kappa shape index (κ1) is 6.05. The summed E-state index contributed by atoms with van der Waals surface area (Å²) in [6.45, 7) is 2.03. The monoisotopic (exact) mass is 114 g/mol. The van der Waals surface area contributed by atoms with Gasteiger partial charge in [0.2, 0.25) is 0 Å². The lowest BCUT2D eigenvalue weighted by Gasteiger charge is -2.05. The molecular weight excluding hydrogens is 100 g/mol. The fraction of sp³-hybridized carbons (Fsp3) is 1.00. The predicted octanol–water partition coefficient (Wildman–Crippen LogP) is 0.0872. The van der Waals surface area contributed by atoms with E-state index in [9.17, 15) is 0 Å². The minimum Gasteiger partial charge on any atom is -0.330 e. The lowest BCUT2D eigenvalue weighted by Crippen LogP contribution is -2.24. The van der Waals surface area contributed by atoms with Crippen LogP contribution in [0.5, 0.6) is 0 Å². The van der Waals surface area contributed by atoms with E-state index in [0.29, 0.717) is 0 Å². The van der Waals surface area contributed by atoms with Gasteiger partial charge >= 0.3 is 0 Å². The average molecular weight is 114 g/mol. The van der Waals surface area contributed by atoms with Crippen molar-refractivity contribution in [3.05, 3.63) is 0 Å². The molecule has 1 aliphatic heterocycles. The van der Waals surface area contributed by atoms with Gasteiger partial charge in [-0.1, -0.05) is 0 Å². The van der Waals surface area contributed by atoms with Crippen molar-refractivity contribution < 1.29 is 0 Å². The third-order valence-electron chi connectivity index (χ3n) is 1.68. The second-order valence-electron chi connectivity index (χ2n) is 2.37. The Bertz CT molecular complexity index is 57.5. The third-order valence-corrected chi connectivity index (χ3v) is 1.68. The molecule has 0 saturated carbocycles. The van der Waals surface area contributed by atoms with Crippen molar-refractivity contribution >= 4 is 0 Å². The highest BCUT2D eigenvalue weighted by Gasteiger charge is 2.11. The molecule has 0 bridgehead atoms. The van der Waals surface area contributed by atoms with Gasteiger partial charge in [0.1, 0.15) is 0 Å². The molecular formula is C6H14N2. The van der Waals surface area contributed by atoms with E-state index in [-0.39, 0.29) is 0 Å². The van der Waals surface area contributed by atoms with E-state index in [4.69, 9.17) is 5.73 Å². The SMILES string of the molecule is NCC[C@@H]1CCCN1. The van der Waals surface area contributed by atoms with Crippen LogP contribution in [0.25, 0.3) is 0 Å². The van der Waals surface area contributed by atoms with Gasteiger partial charge in [0.05, 0.1) is 0 Å². The van der Waals surface area contributed by atoms with Crippen molar-refractivity contribution in [1.82, 2.24) is 5.32 Å². The summed E-state index contributed by atoms with van der Waals surface area (Å²) in [5.41, 5.74) is 5.37. The molecule has 1 rings (SSSR count). The lowest BCUT2D eigenvalue weighted by molar-refractivity contribution is 0.566. The highest BCUT2D eigenvalue weighted by molar-refractivity contribution is 4.73. The molecule has 3 N–H and O–H groups in total. The zero-order chi connectivity index (χ0) is 5.82. The summed E-state index contributed by atoms with van der Waals surface area (Å²) in [6, 6.07) is 0.736. The van der Waals surface area contributed by atoms with Gasteiger partial charge in [0, 0.05) is 6.04 Å². The molecule has 2 nitrogen and oxygen atoms in total. The van der Waals surface area contributed by atoms with Crippen LogP contribution in [0.4, 0.5) is 0 Å². The first-order valence-electron chi connectivity index (χ1n) is 3.37. The molecule has 1 fully saturated rings. The largest absolute Gasteiger partial charge is 0.330 e. The van der Waals surface area contributed by atoms with Crippen LogP contribution in [0.2, 0.25) is 0 Å². The van der Waals surface area contributed by atoms with E-state index in [0.717, 1.165) is 19.0 Å². The van der Waals surface area contributed by atoms with Crippen LogP contribution in [0.1, 0.15) is 19.3 Å². The summed E-state index contributed by atoms with van der Waals surface area (Å²) in [5, 5.41) is 3.38. The molecule has 1 aliphatic rings. The number of hydrogen-bond donors (Lipinski definition) is 2. The van der Waals surface area contributed by atoms with Crippen LogP contribution in [-0.4, -0.2) is 19.1 Å². The zero-order valence-electron chi connectivity index (χ0n) is 5.19. The first-order chi connectivity index (χ1) is 3.93. The van der Waals surface area contributed by atoms with Crippen molar-refractivity contribution in [1.29, 1.82) is 0 Å². The molecule has 0 amide bonds. The highest BCUT2D eigenvalue weighted by atomic mass is 14.9. The molecule has 1 saturated heterocycles. The third kappa shape index (κ3) is 1.46. The molecule has 1 atom stereocenters. The van der Waals surface area contributed by atoms with E-state index in [1.54, 1.807) is 0 Å². The minimum absolute atomic E-state index is 0.736. The van der Waals surface area contributed by atoms with Gasteiger partial charge in [-0.15, -0.1) is 0 Å². The minimum atomic E-state index is 0.736. The first-order valence-corrected chi connectivity index (χ1v) is 3.37. The van der Waals surface area contributed by atoms with Crippen LogP contribution in [0, 0.1) is 0 Å². The topological polar surface area (TPSA) is 38.0 Å². The summed E-state index contributed by atoms with van der Waals surface area (Å²) in [5.74, 6) is 0. The predicted molar refractivity (Wildman–Crippen MR) is 34.7 cm³/mol. The summed E-state index contributed by atoms with van der Waals surface area (Å²) < 4.78 is 0. The maximum atomic E-state index is 5.37. The van der Waals surface area contributed by atoms with Crippen LogP contribution >= 0.6 is 0 Å². The fourth-order valence-corrected chi connectivity index (χ4v) is 1.20. The standard InChI is InChI=1S/C6H14N2/c7-4-3-6-2-1-5-8-6/h6,8H,1-5,7H2/t6-/m0/s1. The van der Waals surface area contributed by atoms with E-state index in [1.165, 1.54) is 19.4 Å². The second-order valence-corrected chi connectivity index (χ2v) is 2.37. The molecule has 1 heterocycles. The Hall–Kier alpha value is -0.0800. The quantitative estimate of drug-likeness (QED) is 0.534. The Kier molecular flexibility index (Phi) is 2.30. The van der Waals surface area contributed by atoms with Gasteiger partial charge in [0.15, 0.2) is 0 Å². The molecule has 0 unspecified atom stereocenters. The van der Waals surface area contributed by atoms with Gasteiger partial charge in [0.25, 0.3) is 0 Å². The Labute approximate surface area is 50.4 Å². The summed E-state index contributed by atoms with van der Waals surface area (Å²) >= 11 is 0. The zero-order valence-corrected chi connectivity index (χ0v) is 5.19. The Morgan fingerprint density at radius 1 is 1.62 bits per heavy atom. The van der Waals surface area contributed by atoms with Gasteiger partial charge in [-0.2, -0.15) is 0 Å². The molecule has 2 heteroatoms. The molecule has 0 aromatic rings. The Balaban J connectivity index is 2.06. The number of rotatable bonds is 2. The van der Waals surface area contributed by atoms with Crippen molar-refractivity contribution in [3.63, 3.8) is 0 Å². The van der Waals surface area contributed by atoms with E-state index in [2.05, 4.69) is 5.32 Å². The van der Waals surface area contributed by atoms with E-state index < -0.39 is 0 Å². The van der Waals surface area contributed by atoms with Crippen molar-refractivity contribution in [2.24, 2.45) is 5.73 Å². The number of nitrogens with two attached hydrogens (primary N) is 1. The molecule has 8 heavy (non-hydrogen) atoms. The summed E-state index contributed by atoms with van der Waals surface area (Å²) in [7, 11) is 0. The Morgan fingerprint density at radius 3 is 3.00 bits per heavy atom. The van der Waals surface area contributed by atoms with E-state index in [1.807, 2.05) is 0 Å². The molecule has 0 aliphatic carbocycles. The normalized spacial score (nSPS) is 28.9. The van der Waals surface area contributed by atoms with Crippen LogP contribution in [0.3, 0.4) is 0 Å². The van der Waals surface area contributed by atoms with E-state index >= 15 is 0 Å². The maximum absolute atomic E-state index is 5.37. The second kappa shape index (κ2) is 3.05. The number of hydrogen-bond acceptors (Lipinski definition) is 2. The highest BCUT2D eigenvalue weighted by Crippen LogP contribution is 2.06. The molecule has 48 valence electrons. The molecule has 0 spiro atoms. The van der Waals surface area contributed by atoms with Crippen molar-refractivity contribution in [2.75, 3.05) is 13.1 Å². The van der Waals surface area contributed by atoms with Crippen LogP contribution in [-0.2, 0) is 0 Å². The molecule has 0 aromatic carbocycles. The van der Waals surface area contributed by atoms with Crippen molar-refractivity contribution in [2.45, 2.75) is 25.3 Å². The van der Waals surface area contributed by atoms with Crippen LogP contribution in [0.15, 0.2) is 0 Å². The summed E-state index contributed by atoms with van der Waals surface area (Å²) in [6.07, 6.45) is 3.82. The van der Waals surface area contributed by atoms with Gasteiger partial charge in [-0.3, -0.25) is 0 Å². The molecule has 0 radical (unpaired) electrons.